The predicted octanol–water partition coefficient (Wildman–Crippen LogP) is 2.23. The molecule has 0 N–H and O–H groups in total. The molecule has 0 fully saturated rings. The zero-order valence-electron chi connectivity index (χ0n) is 6.08. The Morgan fingerprint density at radius 2 is 2.36 bits per heavy atom. The van der Waals surface area contributed by atoms with Crippen molar-refractivity contribution >= 4 is 22.6 Å². The van der Waals surface area contributed by atoms with Gasteiger partial charge in [-0.2, -0.15) is 0 Å². The highest BCUT2D eigenvalue weighted by atomic mass is 35.5. The summed E-state index contributed by atoms with van der Waals surface area (Å²) in [6, 6.07) is 3.90. The average molecular weight is 167 g/mol. The van der Waals surface area contributed by atoms with Gasteiger partial charge in [-0.3, -0.25) is 0 Å². The van der Waals surface area contributed by atoms with E-state index in [4.69, 9.17) is 11.6 Å². The lowest BCUT2D eigenvalue weighted by atomic mass is 10.3. The lowest BCUT2D eigenvalue weighted by molar-refractivity contribution is 0.948. The van der Waals surface area contributed by atoms with Crippen LogP contribution < -0.4 is 0 Å². The van der Waals surface area contributed by atoms with Gasteiger partial charge in [-0.1, -0.05) is 11.6 Å². The molecule has 0 aliphatic carbocycles. The molecule has 2 heterocycles. The summed E-state index contributed by atoms with van der Waals surface area (Å²) >= 11 is 5.76. The fourth-order valence-corrected chi connectivity index (χ4v) is 1.29. The molecule has 0 spiro atoms. The molecule has 0 saturated heterocycles. The molecule has 0 unspecified atom stereocenters. The minimum absolute atomic E-state index is 0.684. The van der Waals surface area contributed by atoms with E-state index >= 15 is 0 Å². The lowest BCUT2D eigenvalue weighted by Crippen LogP contribution is -1.86. The maximum absolute atomic E-state index is 5.76. The van der Waals surface area contributed by atoms with Gasteiger partial charge in [0.1, 0.15) is 5.65 Å². The smallest absolute Gasteiger partial charge is 0.139 e. The highest BCUT2D eigenvalue weighted by Gasteiger charge is 1.97. The van der Waals surface area contributed by atoms with E-state index in [0.717, 1.165) is 11.0 Å². The molecule has 0 bridgehead atoms. The second-order valence-electron chi connectivity index (χ2n) is 2.49. The Bertz CT molecular complexity index is 392. The minimum Gasteiger partial charge on any atom is -0.336 e. The van der Waals surface area contributed by atoms with Crippen molar-refractivity contribution in [2.45, 2.75) is 0 Å². The topological polar surface area (TPSA) is 17.8 Å². The largest absolute Gasteiger partial charge is 0.336 e. The van der Waals surface area contributed by atoms with Gasteiger partial charge in [0.25, 0.3) is 0 Å². The van der Waals surface area contributed by atoms with Crippen LogP contribution in [0.15, 0.2) is 24.5 Å². The number of aromatic nitrogens is 2. The normalized spacial score (nSPS) is 10.7. The Morgan fingerprint density at radius 1 is 1.55 bits per heavy atom. The zero-order chi connectivity index (χ0) is 7.84. The number of halogens is 1. The van der Waals surface area contributed by atoms with E-state index in [-0.39, 0.29) is 0 Å². The number of hydrogen-bond donors (Lipinski definition) is 0. The molecule has 0 radical (unpaired) electrons. The van der Waals surface area contributed by atoms with Crippen LogP contribution in [0.1, 0.15) is 0 Å². The van der Waals surface area contributed by atoms with Crippen LogP contribution in [-0.2, 0) is 7.05 Å². The molecule has 0 atom stereocenters. The number of aryl methyl sites for hydroxylation is 1. The number of pyridine rings is 1. The SMILES string of the molecule is Cn1ccc2cc(Cl)cnc21. The summed E-state index contributed by atoms with van der Waals surface area (Å²) in [4.78, 5) is 4.17. The number of nitrogens with zero attached hydrogens (tertiary/aromatic N) is 2. The first-order chi connectivity index (χ1) is 5.27. The summed E-state index contributed by atoms with van der Waals surface area (Å²) in [5, 5.41) is 1.77. The Labute approximate surface area is 69.4 Å². The lowest BCUT2D eigenvalue weighted by Gasteiger charge is -1.93. The summed E-state index contributed by atoms with van der Waals surface area (Å²) in [5.74, 6) is 0. The molecule has 0 saturated carbocycles. The van der Waals surface area contributed by atoms with Gasteiger partial charge in [-0.15, -0.1) is 0 Å². The standard InChI is InChI=1S/C8H7ClN2/c1-11-3-2-6-4-7(9)5-10-8(6)11/h2-5H,1H3. The maximum atomic E-state index is 5.76. The summed E-state index contributed by atoms with van der Waals surface area (Å²) in [6.07, 6.45) is 3.62. The third-order valence-corrected chi connectivity index (χ3v) is 1.88. The summed E-state index contributed by atoms with van der Waals surface area (Å²) in [6.45, 7) is 0. The third-order valence-electron chi connectivity index (χ3n) is 1.67. The van der Waals surface area contributed by atoms with E-state index in [1.165, 1.54) is 0 Å². The molecule has 56 valence electrons. The molecule has 0 aromatic carbocycles. The predicted molar refractivity (Wildman–Crippen MR) is 45.7 cm³/mol. The van der Waals surface area contributed by atoms with E-state index < -0.39 is 0 Å². The minimum atomic E-state index is 0.684. The van der Waals surface area contributed by atoms with E-state index in [9.17, 15) is 0 Å². The number of hydrogen-bond acceptors (Lipinski definition) is 1. The van der Waals surface area contributed by atoms with Crippen molar-refractivity contribution in [1.29, 1.82) is 0 Å². The molecule has 0 aliphatic heterocycles. The monoisotopic (exact) mass is 166 g/mol. The molecule has 2 aromatic rings. The Balaban J connectivity index is 2.86. The van der Waals surface area contributed by atoms with Gasteiger partial charge in [0.05, 0.1) is 5.02 Å². The van der Waals surface area contributed by atoms with Gasteiger partial charge in [0.2, 0.25) is 0 Å². The first kappa shape index (κ1) is 6.68. The number of rotatable bonds is 0. The van der Waals surface area contributed by atoms with E-state index in [1.807, 2.05) is 29.9 Å². The maximum Gasteiger partial charge on any atom is 0.139 e. The first-order valence-electron chi connectivity index (χ1n) is 3.34. The van der Waals surface area contributed by atoms with Crippen molar-refractivity contribution in [2.75, 3.05) is 0 Å². The van der Waals surface area contributed by atoms with Crippen LogP contribution in [0.2, 0.25) is 5.02 Å². The Morgan fingerprint density at radius 3 is 3.18 bits per heavy atom. The van der Waals surface area contributed by atoms with Gasteiger partial charge < -0.3 is 4.57 Å². The molecule has 0 amide bonds. The molecule has 2 rings (SSSR count). The van der Waals surface area contributed by atoms with Crippen LogP contribution in [0.5, 0.6) is 0 Å². The first-order valence-corrected chi connectivity index (χ1v) is 3.72. The van der Waals surface area contributed by atoms with Gasteiger partial charge in [-0.05, 0) is 12.1 Å². The van der Waals surface area contributed by atoms with Crippen molar-refractivity contribution in [2.24, 2.45) is 7.05 Å². The zero-order valence-corrected chi connectivity index (χ0v) is 6.84. The molecule has 0 aliphatic rings. The van der Waals surface area contributed by atoms with E-state index in [0.29, 0.717) is 5.02 Å². The molecule has 2 nitrogen and oxygen atoms in total. The Hall–Kier alpha value is -1.02. The van der Waals surface area contributed by atoms with Crippen molar-refractivity contribution in [1.82, 2.24) is 9.55 Å². The van der Waals surface area contributed by atoms with Gasteiger partial charge >= 0.3 is 0 Å². The molecular formula is C8H7ClN2. The average Bonchev–Trinajstić information content (AvgIpc) is 2.32. The van der Waals surface area contributed by atoms with E-state index in [1.54, 1.807) is 6.20 Å². The second kappa shape index (κ2) is 2.24. The molecular weight excluding hydrogens is 160 g/mol. The summed E-state index contributed by atoms with van der Waals surface area (Å²) in [7, 11) is 1.96. The highest BCUT2D eigenvalue weighted by molar-refractivity contribution is 6.31. The van der Waals surface area contributed by atoms with Crippen LogP contribution in [0.4, 0.5) is 0 Å². The Kier molecular flexibility index (Phi) is 1.36. The highest BCUT2D eigenvalue weighted by Crippen LogP contribution is 2.16. The van der Waals surface area contributed by atoms with Gasteiger partial charge in [0, 0.05) is 24.8 Å². The number of fused-ring (bicyclic) bond motifs is 1. The van der Waals surface area contributed by atoms with Crippen LogP contribution in [0, 0.1) is 0 Å². The molecule has 11 heavy (non-hydrogen) atoms. The molecule has 3 heteroatoms. The van der Waals surface area contributed by atoms with Crippen LogP contribution in [-0.4, -0.2) is 9.55 Å². The van der Waals surface area contributed by atoms with Crippen molar-refractivity contribution in [3.63, 3.8) is 0 Å². The van der Waals surface area contributed by atoms with Crippen molar-refractivity contribution in [3.8, 4) is 0 Å². The third kappa shape index (κ3) is 0.994. The summed E-state index contributed by atoms with van der Waals surface area (Å²) < 4.78 is 1.96. The van der Waals surface area contributed by atoms with Gasteiger partial charge in [0.15, 0.2) is 0 Å². The second-order valence-corrected chi connectivity index (χ2v) is 2.93. The summed E-state index contributed by atoms with van der Waals surface area (Å²) in [5.41, 5.74) is 0.967. The van der Waals surface area contributed by atoms with Crippen molar-refractivity contribution < 1.29 is 0 Å². The fourth-order valence-electron chi connectivity index (χ4n) is 1.13. The van der Waals surface area contributed by atoms with Crippen molar-refractivity contribution in [3.05, 3.63) is 29.5 Å². The van der Waals surface area contributed by atoms with E-state index in [2.05, 4.69) is 4.98 Å². The van der Waals surface area contributed by atoms with Crippen LogP contribution in [0.3, 0.4) is 0 Å². The quantitative estimate of drug-likeness (QED) is 0.587. The van der Waals surface area contributed by atoms with Crippen LogP contribution >= 0.6 is 11.6 Å². The van der Waals surface area contributed by atoms with Gasteiger partial charge in [-0.25, -0.2) is 4.98 Å². The van der Waals surface area contributed by atoms with Crippen LogP contribution in [0.25, 0.3) is 11.0 Å². The fraction of sp³-hybridized carbons (Fsp3) is 0.125. The molecule has 2 aromatic heterocycles.